The van der Waals surface area contributed by atoms with Gasteiger partial charge in [0.15, 0.2) is 0 Å². The molecule has 3 rings (SSSR count). The monoisotopic (exact) mass is 358 g/mol. The maximum Gasteiger partial charge on any atom is 0.309 e. The molecule has 0 bridgehead atoms. The summed E-state index contributed by atoms with van der Waals surface area (Å²) >= 11 is 0. The van der Waals surface area contributed by atoms with E-state index in [1.807, 2.05) is 0 Å². The van der Waals surface area contributed by atoms with E-state index >= 15 is 0 Å². The Labute approximate surface area is 155 Å². The van der Waals surface area contributed by atoms with Crippen molar-refractivity contribution in [2.45, 2.75) is 78.1 Å². The van der Waals surface area contributed by atoms with E-state index < -0.39 is 22.8 Å². The quantitative estimate of drug-likeness (QED) is 0.637. The lowest BCUT2D eigenvalue weighted by Gasteiger charge is -2.17. The average Bonchev–Trinajstić information content (AvgIpc) is 3.44. The van der Waals surface area contributed by atoms with Gasteiger partial charge in [-0.05, 0) is 94.7 Å². The molecule has 0 radical (unpaired) electrons. The predicted octanol–water partition coefficient (Wildman–Crippen LogP) is 4.68. The fourth-order valence-corrected chi connectivity index (χ4v) is 4.33. The van der Waals surface area contributed by atoms with E-state index in [9.17, 15) is 19.8 Å². The number of aliphatic carboxylic acids is 2. The lowest BCUT2D eigenvalue weighted by molar-refractivity contribution is -0.144. The molecule has 2 saturated carbocycles. The molecule has 1 aromatic rings. The summed E-state index contributed by atoms with van der Waals surface area (Å²) in [6.07, 6.45) is 8.44. The molecule has 26 heavy (non-hydrogen) atoms. The van der Waals surface area contributed by atoms with Gasteiger partial charge in [-0.3, -0.25) is 9.59 Å². The van der Waals surface area contributed by atoms with Gasteiger partial charge in [0.1, 0.15) is 0 Å². The van der Waals surface area contributed by atoms with Crippen molar-refractivity contribution in [1.82, 2.24) is 0 Å². The molecule has 0 saturated heterocycles. The Kier molecular flexibility index (Phi) is 5.14. The van der Waals surface area contributed by atoms with Gasteiger partial charge in [-0.1, -0.05) is 17.7 Å². The second-order valence-electron chi connectivity index (χ2n) is 8.60. The maximum absolute atomic E-state index is 11.4. The van der Waals surface area contributed by atoms with Crippen LogP contribution >= 0.6 is 0 Å². The van der Waals surface area contributed by atoms with Gasteiger partial charge in [-0.15, -0.1) is 0 Å². The fourth-order valence-electron chi connectivity index (χ4n) is 4.33. The number of carboxylic acid groups (broad SMARTS) is 2. The summed E-state index contributed by atoms with van der Waals surface area (Å²) in [5.41, 5.74) is 4.29. The van der Waals surface area contributed by atoms with Crippen LogP contribution in [0.4, 0.5) is 0 Å². The molecule has 1 aromatic carbocycles. The Bertz CT molecular complexity index is 711. The van der Waals surface area contributed by atoms with Crippen LogP contribution in [0.1, 0.15) is 73.6 Å². The number of hydrogen-bond donors (Lipinski definition) is 2. The third-order valence-corrected chi connectivity index (χ3v) is 6.51. The van der Waals surface area contributed by atoms with Gasteiger partial charge in [-0.2, -0.15) is 0 Å². The summed E-state index contributed by atoms with van der Waals surface area (Å²) in [4.78, 5) is 22.7. The molecule has 2 N–H and O–H groups in total. The van der Waals surface area contributed by atoms with Crippen LogP contribution in [0.15, 0.2) is 12.1 Å². The lowest BCUT2D eigenvalue weighted by atomic mass is 9.88. The van der Waals surface area contributed by atoms with E-state index in [1.54, 1.807) is 0 Å². The predicted molar refractivity (Wildman–Crippen MR) is 100 cm³/mol. The molecule has 0 aliphatic heterocycles. The zero-order chi connectivity index (χ0) is 18.9. The van der Waals surface area contributed by atoms with Crippen LogP contribution in [-0.4, -0.2) is 22.2 Å². The molecule has 0 aromatic heterocycles. The topological polar surface area (TPSA) is 74.6 Å². The van der Waals surface area contributed by atoms with Gasteiger partial charge in [-0.25, -0.2) is 0 Å². The molecule has 2 fully saturated rings. The minimum absolute atomic E-state index is 0.446. The first-order valence-corrected chi connectivity index (χ1v) is 9.84. The maximum atomic E-state index is 11.4. The first-order chi connectivity index (χ1) is 12.3. The largest absolute Gasteiger partial charge is 0.481 e. The summed E-state index contributed by atoms with van der Waals surface area (Å²) in [7, 11) is 0. The highest BCUT2D eigenvalue weighted by atomic mass is 16.4. The summed E-state index contributed by atoms with van der Waals surface area (Å²) in [5.74, 6) is -1.27. The number of rotatable bonds is 10. The Balaban J connectivity index is 1.61. The number of aryl methyl sites for hydroxylation is 3. The van der Waals surface area contributed by atoms with E-state index in [2.05, 4.69) is 26.0 Å². The summed E-state index contributed by atoms with van der Waals surface area (Å²) in [6.45, 7) is 4.24. The van der Waals surface area contributed by atoms with E-state index in [0.29, 0.717) is 0 Å². The van der Waals surface area contributed by atoms with Crippen LogP contribution in [0.5, 0.6) is 0 Å². The number of carboxylic acids is 2. The third-order valence-electron chi connectivity index (χ3n) is 6.51. The van der Waals surface area contributed by atoms with Crippen LogP contribution in [0, 0.1) is 24.7 Å². The van der Waals surface area contributed by atoms with E-state index in [0.717, 1.165) is 64.2 Å². The molecule has 0 atom stereocenters. The van der Waals surface area contributed by atoms with Crippen molar-refractivity contribution in [3.05, 3.63) is 34.4 Å². The highest BCUT2D eigenvalue weighted by molar-refractivity contribution is 5.78. The molecular weight excluding hydrogens is 328 g/mol. The first kappa shape index (κ1) is 18.9. The fraction of sp³-hybridized carbons (Fsp3) is 0.636. The van der Waals surface area contributed by atoms with E-state index in [4.69, 9.17) is 0 Å². The first-order valence-electron chi connectivity index (χ1n) is 9.84. The lowest BCUT2D eigenvalue weighted by Crippen LogP contribution is -2.15. The second kappa shape index (κ2) is 7.05. The second-order valence-corrected chi connectivity index (χ2v) is 8.60. The van der Waals surface area contributed by atoms with Crippen molar-refractivity contribution in [3.63, 3.8) is 0 Å². The highest BCUT2D eigenvalue weighted by Crippen LogP contribution is 2.51. The van der Waals surface area contributed by atoms with Gasteiger partial charge in [0, 0.05) is 0 Å². The zero-order valence-corrected chi connectivity index (χ0v) is 15.9. The standard InChI is InChI=1S/C22H30O4/c1-15-13-16(2)18(6-4-8-22(11-12-22)20(25)26)17(14-15)5-3-7-21(9-10-21)19(23)24/h13-14H,3-12H2,1-2H3,(H,23,24)(H,25,26). The highest BCUT2D eigenvalue weighted by Gasteiger charge is 2.50. The van der Waals surface area contributed by atoms with Crippen LogP contribution in [0.3, 0.4) is 0 Å². The third kappa shape index (κ3) is 3.94. The molecule has 4 nitrogen and oxygen atoms in total. The van der Waals surface area contributed by atoms with Gasteiger partial charge in [0.25, 0.3) is 0 Å². The molecular formula is C22H30O4. The Morgan fingerprint density at radius 1 is 0.885 bits per heavy atom. The minimum Gasteiger partial charge on any atom is -0.481 e. The number of hydrogen-bond acceptors (Lipinski definition) is 2. The molecule has 142 valence electrons. The van der Waals surface area contributed by atoms with Crippen molar-refractivity contribution in [2.75, 3.05) is 0 Å². The average molecular weight is 358 g/mol. The van der Waals surface area contributed by atoms with Crippen LogP contribution < -0.4 is 0 Å². The van der Waals surface area contributed by atoms with Crippen molar-refractivity contribution in [3.8, 4) is 0 Å². The normalized spacial score (nSPS) is 19.2. The molecule has 0 amide bonds. The van der Waals surface area contributed by atoms with Gasteiger partial charge >= 0.3 is 11.9 Å². The molecule has 4 heteroatoms. The van der Waals surface area contributed by atoms with Crippen LogP contribution in [-0.2, 0) is 22.4 Å². The van der Waals surface area contributed by atoms with Crippen LogP contribution in [0.25, 0.3) is 0 Å². The molecule has 0 spiro atoms. The molecule has 2 aliphatic rings. The summed E-state index contributed by atoms with van der Waals surface area (Å²) < 4.78 is 0. The van der Waals surface area contributed by atoms with Crippen molar-refractivity contribution in [1.29, 1.82) is 0 Å². The summed E-state index contributed by atoms with van der Waals surface area (Å²) in [6, 6.07) is 4.43. The van der Waals surface area contributed by atoms with Gasteiger partial charge in [0.2, 0.25) is 0 Å². The number of carbonyl (C=O) groups is 2. The minimum atomic E-state index is -0.637. The smallest absolute Gasteiger partial charge is 0.309 e. The number of benzene rings is 1. The Hall–Kier alpha value is -1.84. The molecule has 0 heterocycles. The van der Waals surface area contributed by atoms with E-state index in [-0.39, 0.29) is 0 Å². The van der Waals surface area contributed by atoms with Gasteiger partial charge in [0.05, 0.1) is 10.8 Å². The van der Waals surface area contributed by atoms with Crippen molar-refractivity contribution < 1.29 is 19.8 Å². The SMILES string of the molecule is Cc1cc(C)c(CCCC2(C(=O)O)CC2)c(CCCC2(C(=O)O)CC2)c1. The van der Waals surface area contributed by atoms with Crippen molar-refractivity contribution >= 4 is 11.9 Å². The van der Waals surface area contributed by atoms with Crippen molar-refractivity contribution in [2.24, 2.45) is 10.8 Å². The Morgan fingerprint density at radius 2 is 1.38 bits per heavy atom. The van der Waals surface area contributed by atoms with E-state index in [1.165, 1.54) is 22.3 Å². The summed E-state index contributed by atoms with van der Waals surface area (Å²) in [5, 5.41) is 18.7. The Morgan fingerprint density at radius 3 is 1.85 bits per heavy atom. The zero-order valence-electron chi connectivity index (χ0n) is 15.9. The van der Waals surface area contributed by atoms with Gasteiger partial charge < -0.3 is 10.2 Å². The molecule has 2 aliphatic carbocycles. The van der Waals surface area contributed by atoms with Crippen LogP contribution in [0.2, 0.25) is 0 Å². The molecule has 0 unspecified atom stereocenters.